The van der Waals surface area contributed by atoms with E-state index in [4.69, 9.17) is 18.6 Å². The van der Waals surface area contributed by atoms with E-state index in [1.54, 1.807) is 0 Å². The van der Waals surface area contributed by atoms with Crippen LogP contribution in [0.25, 0.3) is 0 Å². The molecule has 190 valence electrons. The van der Waals surface area contributed by atoms with Crippen LogP contribution in [0.4, 0.5) is 0 Å². The Balaban J connectivity index is 1.80. The van der Waals surface area contributed by atoms with Gasteiger partial charge in [0.2, 0.25) is 0 Å². The molecule has 0 aromatic heterocycles. The molecule has 1 aliphatic carbocycles. The van der Waals surface area contributed by atoms with Crippen molar-refractivity contribution in [3.05, 3.63) is 35.9 Å². The maximum atomic E-state index is 12.8. The van der Waals surface area contributed by atoms with E-state index in [1.807, 2.05) is 30.3 Å². The van der Waals surface area contributed by atoms with Gasteiger partial charge in [0, 0.05) is 24.4 Å². The van der Waals surface area contributed by atoms with E-state index in [2.05, 4.69) is 33.9 Å². The standard InChI is InChI=1S/C27H42O6Si/c1-25(2,3)34(5,6)32-20-26-16-14-22(19-31-18-21-11-8-7-9-12-21)27(26,33-24(29)17-26)15-10-13-23(28)30-4/h7-9,11-12,22H,10,13-20H2,1-6H3/t22-,26-,27-/m0/s1. The fraction of sp³-hybridized carbons (Fsp3) is 0.704. The number of fused-ring (bicyclic) bond motifs is 1. The Hall–Kier alpha value is -1.70. The van der Waals surface area contributed by atoms with Gasteiger partial charge >= 0.3 is 11.9 Å². The van der Waals surface area contributed by atoms with Gasteiger partial charge in [-0.3, -0.25) is 9.59 Å². The molecule has 0 radical (unpaired) electrons. The van der Waals surface area contributed by atoms with Gasteiger partial charge in [-0.25, -0.2) is 0 Å². The summed E-state index contributed by atoms with van der Waals surface area (Å²) in [6.07, 6.45) is 3.69. The second-order valence-corrected chi connectivity index (χ2v) is 16.3. The molecule has 1 saturated carbocycles. The largest absolute Gasteiger partial charge is 0.469 e. The Labute approximate surface area is 205 Å². The molecule has 2 fully saturated rings. The van der Waals surface area contributed by atoms with E-state index in [0.717, 1.165) is 18.4 Å². The number of hydrogen-bond acceptors (Lipinski definition) is 6. The molecule has 0 N–H and O–H groups in total. The van der Waals surface area contributed by atoms with E-state index < -0.39 is 13.9 Å². The predicted molar refractivity (Wildman–Crippen MR) is 134 cm³/mol. The van der Waals surface area contributed by atoms with Crippen molar-refractivity contribution in [1.29, 1.82) is 0 Å². The monoisotopic (exact) mass is 490 g/mol. The molecule has 1 aromatic rings. The second kappa shape index (κ2) is 10.5. The van der Waals surface area contributed by atoms with Crippen LogP contribution in [0.15, 0.2) is 30.3 Å². The van der Waals surface area contributed by atoms with Crippen molar-refractivity contribution < 1.29 is 28.2 Å². The topological polar surface area (TPSA) is 71.1 Å². The van der Waals surface area contributed by atoms with Gasteiger partial charge in [-0.15, -0.1) is 0 Å². The first-order chi connectivity index (χ1) is 15.9. The molecule has 1 heterocycles. The number of carbonyl (C=O) groups is 2. The van der Waals surface area contributed by atoms with Crippen molar-refractivity contribution in [2.45, 2.75) is 89.6 Å². The number of esters is 2. The lowest BCUT2D eigenvalue weighted by atomic mass is 9.69. The molecular formula is C27H42O6Si. The molecule has 1 aliphatic heterocycles. The van der Waals surface area contributed by atoms with Crippen LogP contribution >= 0.6 is 0 Å². The molecule has 6 nitrogen and oxygen atoms in total. The molecule has 0 unspecified atom stereocenters. The minimum absolute atomic E-state index is 0.0725. The van der Waals surface area contributed by atoms with Crippen molar-refractivity contribution in [3.8, 4) is 0 Å². The van der Waals surface area contributed by atoms with Gasteiger partial charge in [-0.05, 0) is 49.4 Å². The van der Waals surface area contributed by atoms with Crippen LogP contribution in [0.1, 0.15) is 64.9 Å². The quantitative estimate of drug-likeness (QED) is 0.295. The zero-order valence-corrected chi connectivity index (χ0v) is 22.8. The summed E-state index contributed by atoms with van der Waals surface area (Å²) in [4.78, 5) is 24.6. The van der Waals surface area contributed by atoms with Crippen LogP contribution in [-0.4, -0.2) is 46.2 Å². The van der Waals surface area contributed by atoms with Gasteiger partial charge in [0.05, 0.1) is 26.7 Å². The number of ether oxygens (including phenoxy) is 3. The normalized spacial score (nSPS) is 26.9. The molecule has 0 amide bonds. The smallest absolute Gasteiger partial charge is 0.307 e. The lowest BCUT2D eigenvalue weighted by molar-refractivity contribution is -0.161. The van der Waals surface area contributed by atoms with Gasteiger partial charge in [0.15, 0.2) is 8.32 Å². The molecule has 7 heteroatoms. The number of rotatable bonds is 11. The molecular weight excluding hydrogens is 448 g/mol. The average Bonchev–Trinajstić information content (AvgIpc) is 3.21. The molecule has 2 aliphatic rings. The zero-order chi connectivity index (χ0) is 25.0. The average molecular weight is 491 g/mol. The van der Waals surface area contributed by atoms with E-state index in [-0.39, 0.29) is 28.3 Å². The summed E-state index contributed by atoms with van der Waals surface area (Å²) in [5.74, 6) is -0.327. The van der Waals surface area contributed by atoms with Crippen LogP contribution in [0.3, 0.4) is 0 Å². The molecule has 0 bridgehead atoms. The number of hydrogen-bond donors (Lipinski definition) is 0. The Bertz CT molecular complexity index is 848. The van der Waals surface area contributed by atoms with Crippen LogP contribution in [-0.2, 0) is 34.8 Å². The summed E-state index contributed by atoms with van der Waals surface area (Å²) < 4.78 is 23.9. The highest BCUT2D eigenvalue weighted by molar-refractivity contribution is 6.74. The first kappa shape index (κ1) is 26.9. The van der Waals surface area contributed by atoms with Gasteiger partial charge < -0.3 is 18.6 Å². The minimum Gasteiger partial charge on any atom is -0.469 e. The summed E-state index contributed by atoms with van der Waals surface area (Å²) in [5, 5.41) is 0.0808. The molecule has 3 rings (SSSR count). The summed E-state index contributed by atoms with van der Waals surface area (Å²) in [5.41, 5.74) is 0.0735. The highest BCUT2D eigenvalue weighted by Crippen LogP contribution is 2.61. The number of benzene rings is 1. The van der Waals surface area contributed by atoms with Crippen LogP contribution < -0.4 is 0 Å². The summed E-state index contributed by atoms with van der Waals surface area (Å²) in [6.45, 7) is 12.7. The fourth-order valence-corrected chi connectivity index (χ4v) is 6.35. The maximum absolute atomic E-state index is 12.8. The van der Waals surface area contributed by atoms with Crippen molar-refractivity contribution >= 4 is 20.3 Å². The first-order valence-electron chi connectivity index (χ1n) is 12.5. The lowest BCUT2D eigenvalue weighted by Crippen LogP contribution is -2.52. The van der Waals surface area contributed by atoms with Crippen LogP contribution in [0.5, 0.6) is 0 Å². The van der Waals surface area contributed by atoms with Crippen LogP contribution in [0.2, 0.25) is 18.1 Å². The highest BCUT2D eigenvalue weighted by atomic mass is 28.4. The SMILES string of the molecule is COC(=O)CCC[C@@]12OC(=O)C[C@]1(CO[Si](C)(C)C(C)(C)C)CC[C@H]2COCc1ccccc1. The van der Waals surface area contributed by atoms with Crippen molar-refractivity contribution in [3.63, 3.8) is 0 Å². The molecule has 3 atom stereocenters. The third-order valence-electron chi connectivity index (χ3n) is 8.41. The predicted octanol–water partition coefficient (Wildman–Crippen LogP) is 5.65. The maximum Gasteiger partial charge on any atom is 0.307 e. The Morgan fingerprint density at radius 3 is 2.56 bits per heavy atom. The third kappa shape index (κ3) is 5.57. The third-order valence-corrected chi connectivity index (χ3v) is 12.9. The van der Waals surface area contributed by atoms with Gasteiger partial charge in [0.25, 0.3) is 0 Å². The summed E-state index contributed by atoms with van der Waals surface area (Å²) >= 11 is 0. The van der Waals surface area contributed by atoms with E-state index in [1.165, 1.54) is 7.11 Å². The van der Waals surface area contributed by atoms with Crippen molar-refractivity contribution in [2.75, 3.05) is 20.3 Å². The Kier molecular flexibility index (Phi) is 8.31. The van der Waals surface area contributed by atoms with Gasteiger partial charge in [-0.2, -0.15) is 0 Å². The lowest BCUT2D eigenvalue weighted by Gasteiger charge is -2.44. The van der Waals surface area contributed by atoms with Crippen molar-refractivity contribution in [2.24, 2.45) is 11.3 Å². The molecule has 34 heavy (non-hydrogen) atoms. The summed E-state index contributed by atoms with van der Waals surface area (Å²) in [7, 11) is -0.605. The number of carbonyl (C=O) groups excluding carboxylic acids is 2. The molecule has 1 aromatic carbocycles. The minimum atomic E-state index is -2.01. The Morgan fingerprint density at radius 1 is 1.21 bits per heavy atom. The van der Waals surface area contributed by atoms with E-state index in [9.17, 15) is 9.59 Å². The van der Waals surface area contributed by atoms with Crippen molar-refractivity contribution in [1.82, 2.24) is 0 Å². The highest BCUT2D eigenvalue weighted by Gasteiger charge is 2.67. The van der Waals surface area contributed by atoms with E-state index in [0.29, 0.717) is 45.5 Å². The molecule has 0 spiro atoms. The van der Waals surface area contributed by atoms with Gasteiger partial charge in [-0.1, -0.05) is 51.1 Å². The van der Waals surface area contributed by atoms with Crippen LogP contribution in [0, 0.1) is 11.3 Å². The molecule has 1 saturated heterocycles. The van der Waals surface area contributed by atoms with E-state index >= 15 is 0 Å². The summed E-state index contributed by atoms with van der Waals surface area (Å²) in [6, 6.07) is 10.1. The number of methoxy groups -OCH3 is 1. The first-order valence-corrected chi connectivity index (χ1v) is 15.4. The zero-order valence-electron chi connectivity index (χ0n) is 21.8. The van der Waals surface area contributed by atoms with Gasteiger partial charge in [0.1, 0.15) is 5.60 Å². The fourth-order valence-electron chi connectivity index (χ4n) is 5.28. The Morgan fingerprint density at radius 2 is 1.91 bits per heavy atom. The second-order valence-electron chi connectivity index (χ2n) is 11.5.